The molecule has 2 rings (SSSR count). The highest BCUT2D eigenvalue weighted by molar-refractivity contribution is 8.00. The molecule has 2 aromatic rings. The van der Waals surface area contributed by atoms with E-state index < -0.39 is 6.04 Å². The normalized spacial score (nSPS) is 12.3. The van der Waals surface area contributed by atoms with Crippen molar-refractivity contribution in [3.05, 3.63) is 65.2 Å². The summed E-state index contributed by atoms with van der Waals surface area (Å²) in [6, 6.07) is 15.6. The molecule has 1 N–H and O–H groups in total. The summed E-state index contributed by atoms with van der Waals surface area (Å²) < 4.78 is 0. The molecule has 0 saturated carbocycles. The number of hydrogen-bond acceptors (Lipinski definition) is 3. The molecule has 4 nitrogen and oxygen atoms in total. The largest absolute Gasteiger partial charge is 0.350 e. The quantitative estimate of drug-likeness (QED) is 0.669. The molecular weight excluding hydrogens is 380 g/mol. The van der Waals surface area contributed by atoms with Gasteiger partial charge >= 0.3 is 0 Å². The summed E-state index contributed by atoms with van der Waals surface area (Å²) >= 11 is 1.50. The zero-order valence-corrected chi connectivity index (χ0v) is 19.1. The van der Waals surface area contributed by atoms with Crippen LogP contribution in [-0.2, 0) is 16.1 Å². The van der Waals surface area contributed by atoms with Gasteiger partial charge in [-0.3, -0.25) is 9.59 Å². The summed E-state index contributed by atoms with van der Waals surface area (Å²) in [6.07, 6.45) is 0. The number of nitrogens with one attached hydrogen (secondary N) is 1. The van der Waals surface area contributed by atoms with E-state index in [1.54, 1.807) is 11.8 Å². The lowest BCUT2D eigenvalue weighted by atomic mass is 10.1. The fourth-order valence-electron chi connectivity index (χ4n) is 2.81. The molecule has 0 aliphatic heterocycles. The van der Waals surface area contributed by atoms with Crippen LogP contribution in [0, 0.1) is 13.8 Å². The Kier molecular flexibility index (Phi) is 7.91. The first kappa shape index (κ1) is 23.0. The van der Waals surface area contributed by atoms with Crippen molar-refractivity contribution in [1.29, 1.82) is 0 Å². The van der Waals surface area contributed by atoms with E-state index in [1.165, 1.54) is 22.9 Å². The van der Waals surface area contributed by atoms with E-state index in [0.29, 0.717) is 12.3 Å². The average molecular weight is 413 g/mol. The van der Waals surface area contributed by atoms with Gasteiger partial charge in [-0.1, -0.05) is 47.5 Å². The number of rotatable bonds is 7. The standard InChI is InChI=1S/C24H32N2O2S/c1-17-7-11-20(12-8-17)15-26(19(3)23(28)25-24(4,5)6)22(27)16-29-21-13-9-18(2)10-14-21/h7-14,19H,15-16H2,1-6H3,(H,25,28)/t19-/m0/s1. The molecule has 0 radical (unpaired) electrons. The highest BCUT2D eigenvalue weighted by Gasteiger charge is 2.28. The third kappa shape index (κ3) is 7.58. The monoisotopic (exact) mass is 412 g/mol. The van der Waals surface area contributed by atoms with E-state index in [4.69, 9.17) is 0 Å². The first-order valence-corrected chi connectivity index (χ1v) is 10.9. The minimum absolute atomic E-state index is 0.0484. The second-order valence-electron chi connectivity index (χ2n) is 8.52. The molecule has 0 unspecified atom stereocenters. The van der Waals surface area contributed by atoms with Crippen molar-refractivity contribution in [2.45, 2.75) is 64.6 Å². The van der Waals surface area contributed by atoms with Crippen molar-refractivity contribution in [2.75, 3.05) is 5.75 Å². The number of hydrogen-bond donors (Lipinski definition) is 1. The van der Waals surface area contributed by atoms with Gasteiger partial charge in [0.05, 0.1) is 5.75 Å². The van der Waals surface area contributed by atoms with Crippen molar-refractivity contribution >= 4 is 23.6 Å². The van der Waals surface area contributed by atoms with Crippen molar-refractivity contribution in [3.8, 4) is 0 Å². The molecular formula is C24H32N2O2S. The average Bonchev–Trinajstić information content (AvgIpc) is 2.65. The number of carbonyl (C=O) groups excluding carboxylic acids is 2. The first-order valence-electron chi connectivity index (χ1n) is 9.91. The van der Waals surface area contributed by atoms with Gasteiger partial charge in [0.25, 0.3) is 0 Å². The van der Waals surface area contributed by atoms with Crippen LogP contribution in [-0.4, -0.2) is 34.0 Å². The Morgan fingerprint density at radius 2 is 1.48 bits per heavy atom. The summed E-state index contributed by atoms with van der Waals surface area (Å²) in [6.45, 7) is 12.1. The van der Waals surface area contributed by atoms with Crippen LogP contribution in [0.3, 0.4) is 0 Å². The van der Waals surface area contributed by atoms with Gasteiger partial charge in [-0.2, -0.15) is 0 Å². The van der Waals surface area contributed by atoms with E-state index in [0.717, 1.165) is 10.5 Å². The summed E-state index contributed by atoms with van der Waals surface area (Å²) in [5, 5.41) is 2.99. The molecule has 2 aromatic carbocycles. The number of thioether (sulfide) groups is 1. The molecule has 2 amide bonds. The Balaban J connectivity index is 2.15. The van der Waals surface area contributed by atoms with E-state index in [9.17, 15) is 9.59 Å². The Morgan fingerprint density at radius 1 is 0.966 bits per heavy atom. The lowest BCUT2D eigenvalue weighted by Crippen LogP contribution is -2.52. The van der Waals surface area contributed by atoms with Gasteiger partial charge in [-0.25, -0.2) is 0 Å². The molecule has 0 saturated heterocycles. The van der Waals surface area contributed by atoms with Gasteiger partial charge in [-0.15, -0.1) is 11.8 Å². The molecule has 0 aromatic heterocycles. The Bertz CT molecular complexity index is 823. The fourth-order valence-corrected chi connectivity index (χ4v) is 3.59. The molecule has 0 fully saturated rings. The van der Waals surface area contributed by atoms with Gasteiger partial charge in [0, 0.05) is 17.0 Å². The molecule has 0 aliphatic rings. The number of aryl methyl sites for hydroxylation is 2. The Hall–Kier alpha value is -2.27. The summed E-state index contributed by atoms with van der Waals surface area (Å²) in [7, 11) is 0. The maximum atomic E-state index is 13.1. The molecule has 0 heterocycles. The van der Waals surface area contributed by atoms with Crippen LogP contribution < -0.4 is 5.32 Å². The van der Waals surface area contributed by atoms with Gasteiger partial charge in [-0.05, 0) is 59.2 Å². The minimum Gasteiger partial charge on any atom is -0.350 e. The molecule has 29 heavy (non-hydrogen) atoms. The zero-order valence-electron chi connectivity index (χ0n) is 18.3. The van der Waals surface area contributed by atoms with Crippen LogP contribution in [0.4, 0.5) is 0 Å². The molecule has 0 spiro atoms. The zero-order chi connectivity index (χ0) is 21.6. The molecule has 0 bridgehead atoms. The highest BCUT2D eigenvalue weighted by atomic mass is 32.2. The van der Waals surface area contributed by atoms with Crippen LogP contribution in [0.2, 0.25) is 0 Å². The maximum absolute atomic E-state index is 13.1. The lowest BCUT2D eigenvalue weighted by molar-refractivity contribution is -0.139. The van der Waals surface area contributed by atoms with Gasteiger partial charge in [0.2, 0.25) is 11.8 Å². The predicted molar refractivity (Wildman–Crippen MR) is 121 cm³/mol. The number of amides is 2. The van der Waals surface area contributed by atoms with E-state index in [1.807, 2.05) is 83.1 Å². The van der Waals surface area contributed by atoms with Gasteiger partial charge in [0.15, 0.2) is 0 Å². The van der Waals surface area contributed by atoms with Crippen LogP contribution in [0.1, 0.15) is 44.4 Å². The number of nitrogens with zero attached hydrogens (tertiary/aromatic N) is 1. The second kappa shape index (κ2) is 9.97. The van der Waals surface area contributed by atoms with Gasteiger partial charge < -0.3 is 10.2 Å². The maximum Gasteiger partial charge on any atom is 0.242 e. The lowest BCUT2D eigenvalue weighted by Gasteiger charge is -2.31. The van der Waals surface area contributed by atoms with Crippen molar-refractivity contribution in [3.63, 3.8) is 0 Å². The van der Waals surface area contributed by atoms with Crippen molar-refractivity contribution in [2.24, 2.45) is 0 Å². The summed E-state index contributed by atoms with van der Waals surface area (Å²) in [5.74, 6) is 0.105. The summed E-state index contributed by atoms with van der Waals surface area (Å²) in [5.41, 5.74) is 3.02. The first-order chi connectivity index (χ1) is 13.5. The Labute approximate surface area is 179 Å². The highest BCUT2D eigenvalue weighted by Crippen LogP contribution is 2.20. The van der Waals surface area contributed by atoms with Crippen LogP contribution >= 0.6 is 11.8 Å². The Morgan fingerprint density at radius 3 is 2.00 bits per heavy atom. The van der Waals surface area contributed by atoms with Crippen molar-refractivity contribution in [1.82, 2.24) is 10.2 Å². The van der Waals surface area contributed by atoms with Crippen molar-refractivity contribution < 1.29 is 9.59 Å². The topological polar surface area (TPSA) is 49.4 Å². The van der Waals surface area contributed by atoms with Gasteiger partial charge in [0.1, 0.15) is 6.04 Å². The van der Waals surface area contributed by atoms with E-state index in [2.05, 4.69) is 5.32 Å². The molecule has 0 aliphatic carbocycles. The van der Waals surface area contributed by atoms with E-state index >= 15 is 0 Å². The number of benzene rings is 2. The summed E-state index contributed by atoms with van der Waals surface area (Å²) in [4.78, 5) is 28.6. The third-order valence-corrected chi connectivity index (χ3v) is 5.52. The SMILES string of the molecule is Cc1ccc(CN(C(=O)CSc2ccc(C)cc2)[C@@H](C)C(=O)NC(C)(C)C)cc1. The van der Waals surface area contributed by atoms with Crippen LogP contribution in [0.5, 0.6) is 0 Å². The second-order valence-corrected chi connectivity index (χ2v) is 9.57. The van der Waals surface area contributed by atoms with E-state index in [-0.39, 0.29) is 17.4 Å². The third-order valence-electron chi connectivity index (χ3n) is 4.52. The smallest absolute Gasteiger partial charge is 0.242 e. The molecule has 1 atom stereocenters. The molecule has 156 valence electrons. The fraction of sp³-hybridized carbons (Fsp3) is 0.417. The minimum atomic E-state index is -0.554. The van der Waals surface area contributed by atoms with Crippen LogP contribution in [0.25, 0.3) is 0 Å². The van der Waals surface area contributed by atoms with Crippen LogP contribution in [0.15, 0.2) is 53.4 Å². The molecule has 5 heteroatoms. The number of carbonyl (C=O) groups is 2. The predicted octanol–water partition coefficient (Wildman–Crippen LogP) is 4.73.